The van der Waals surface area contributed by atoms with Gasteiger partial charge in [0.25, 0.3) is 5.91 Å². The van der Waals surface area contributed by atoms with Crippen LogP contribution >= 0.6 is 15.9 Å². The van der Waals surface area contributed by atoms with Gasteiger partial charge >= 0.3 is 0 Å². The summed E-state index contributed by atoms with van der Waals surface area (Å²) in [7, 11) is 0. The highest BCUT2D eigenvalue weighted by Crippen LogP contribution is 2.09. The highest BCUT2D eigenvalue weighted by molar-refractivity contribution is 9.09. The van der Waals surface area contributed by atoms with Gasteiger partial charge in [0.1, 0.15) is 0 Å². The molecule has 3 nitrogen and oxygen atoms in total. The molecular weight excluding hydrogens is 244 g/mol. The standard InChI is InChI=1S/C10H13BrN2O/c11-6-3-7-13-10(14)8-4-1-2-5-9(8)12/h1-2,4-5H,3,6-7,12H2,(H,13,14). The van der Waals surface area contributed by atoms with Crippen LogP contribution in [-0.4, -0.2) is 17.8 Å². The number of alkyl halides is 1. The maximum Gasteiger partial charge on any atom is 0.253 e. The van der Waals surface area contributed by atoms with Crippen molar-refractivity contribution >= 4 is 27.5 Å². The summed E-state index contributed by atoms with van der Waals surface area (Å²) in [6.07, 6.45) is 0.915. The summed E-state index contributed by atoms with van der Waals surface area (Å²) in [5.41, 5.74) is 6.72. The van der Waals surface area contributed by atoms with Crippen molar-refractivity contribution in [3.8, 4) is 0 Å². The number of hydrogen-bond acceptors (Lipinski definition) is 2. The summed E-state index contributed by atoms with van der Waals surface area (Å²) >= 11 is 3.29. The van der Waals surface area contributed by atoms with Crippen LogP contribution in [0.5, 0.6) is 0 Å². The molecular formula is C10H13BrN2O. The number of amides is 1. The summed E-state index contributed by atoms with van der Waals surface area (Å²) in [6.45, 7) is 0.665. The van der Waals surface area contributed by atoms with E-state index < -0.39 is 0 Å². The third-order valence-corrected chi connectivity index (χ3v) is 2.36. The second kappa shape index (κ2) is 5.65. The molecule has 0 heterocycles. The minimum atomic E-state index is -0.107. The van der Waals surface area contributed by atoms with E-state index in [9.17, 15) is 4.79 Å². The van der Waals surface area contributed by atoms with E-state index in [0.717, 1.165) is 11.8 Å². The lowest BCUT2D eigenvalue weighted by atomic mass is 10.1. The van der Waals surface area contributed by atoms with Crippen molar-refractivity contribution in [1.82, 2.24) is 5.32 Å². The van der Waals surface area contributed by atoms with Gasteiger partial charge in [-0.15, -0.1) is 0 Å². The monoisotopic (exact) mass is 256 g/mol. The number of para-hydroxylation sites is 1. The Bertz CT molecular complexity index is 315. The fourth-order valence-electron chi connectivity index (χ4n) is 1.07. The van der Waals surface area contributed by atoms with Gasteiger partial charge in [-0.05, 0) is 18.6 Å². The molecule has 1 aromatic carbocycles. The van der Waals surface area contributed by atoms with E-state index in [4.69, 9.17) is 5.73 Å². The van der Waals surface area contributed by atoms with Crippen molar-refractivity contribution in [2.75, 3.05) is 17.6 Å². The van der Waals surface area contributed by atoms with E-state index in [-0.39, 0.29) is 5.91 Å². The molecule has 1 rings (SSSR count). The van der Waals surface area contributed by atoms with Crippen LogP contribution in [0.1, 0.15) is 16.8 Å². The van der Waals surface area contributed by atoms with Crippen LogP contribution < -0.4 is 11.1 Å². The molecule has 0 radical (unpaired) electrons. The Balaban J connectivity index is 2.56. The van der Waals surface area contributed by atoms with Crippen LogP contribution in [0.3, 0.4) is 0 Å². The minimum Gasteiger partial charge on any atom is -0.398 e. The van der Waals surface area contributed by atoms with Crippen LogP contribution in [0.4, 0.5) is 5.69 Å². The molecule has 0 aromatic heterocycles. The number of rotatable bonds is 4. The number of hydrogen-bond donors (Lipinski definition) is 2. The summed E-state index contributed by atoms with van der Waals surface area (Å²) in [6, 6.07) is 7.05. The van der Waals surface area contributed by atoms with Crippen LogP contribution in [-0.2, 0) is 0 Å². The fourth-order valence-corrected chi connectivity index (χ4v) is 1.35. The largest absolute Gasteiger partial charge is 0.398 e. The predicted molar refractivity (Wildman–Crippen MR) is 61.6 cm³/mol. The van der Waals surface area contributed by atoms with Gasteiger partial charge in [-0.1, -0.05) is 28.1 Å². The van der Waals surface area contributed by atoms with Crippen molar-refractivity contribution in [2.24, 2.45) is 0 Å². The zero-order valence-electron chi connectivity index (χ0n) is 7.79. The number of anilines is 1. The molecule has 0 unspecified atom stereocenters. The predicted octanol–water partition coefficient (Wildman–Crippen LogP) is 1.78. The Hall–Kier alpha value is -1.03. The summed E-state index contributed by atoms with van der Waals surface area (Å²) in [5.74, 6) is -0.107. The quantitative estimate of drug-likeness (QED) is 0.490. The van der Waals surface area contributed by atoms with Gasteiger partial charge in [0, 0.05) is 17.6 Å². The number of nitrogens with one attached hydrogen (secondary N) is 1. The molecule has 76 valence electrons. The van der Waals surface area contributed by atoms with Crippen molar-refractivity contribution in [1.29, 1.82) is 0 Å². The molecule has 0 spiro atoms. The van der Waals surface area contributed by atoms with Crippen LogP contribution in [0.15, 0.2) is 24.3 Å². The number of carbonyl (C=O) groups excluding carboxylic acids is 1. The van der Waals surface area contributed by atoms with Gasteiger partial charge in [-0.3, -0.25) is 4.79 Å². The van der Waals surface area contributed by atoms with E-state index in [1.165, 1.54) is 0 Å². The summed E-state index contributed by atoms with van der Waals surface area (Å²) in [5, 5.41) is 3.68. The zero-order chi connectivity index (χ0) is 10.4. The third kappa shape index (κ3) is 3.03. The average Bonchev–Trinajstić information content (AvgIpc) is 2.18. The molecule has 0 aliphatic carbocycles. The molecule has 14 heavy (non-hydrogen) atoms. The molecule has 0 saturated carbocycles. The molecule has 0 atom stereocenters. The van der Waals surface area contributed by atoms with Crippen LogP contribution in [0.2, 0.25) is 0 Å². The molecule has 0 aliphatic heterocycles. The Morgan fingerprint density at radius 3 is 2.79 bits per heavy atom. The molecule has 1 amide bonds. The lowest BCUT2D eigenvalue weighted by Gasteiger charge is -2.05. The molecule has 0 aliphatic rings. The van der Waals surface area contributed by atoms with Gasteiger partial charge in [0.2, 0.25) is 0 Å². The number of halogens is 1. The molecule has 1 aromatic rings. The molecule has 4 heteroatoms. The topological polar surface area (TPSA) is 55.1 Å². The zero-order valence-corrected chi connectivity index (χ0v) is 9.38. The first-order chi connectivity index (χ1) is 6.75. The van der Waals surface area contributed by atoms with Gasteiger partial charge in [-0.2, -0.15) is 0 Å². The molecule has 3 N–H and O–H groups in total. The SMILES string of the molecule is Nc1ccccc1C(=O)NCCCBr. The number of nitrogens with two attached hydrogens (primary N) is 1. The van der Waals surface area contributed by atoms with E-state index in [1.54, 1.807) is 18.2 Å². The van der Waals surface area contributed by atoms with Gasteiger partial charge in [0.05, 0.1) is 5.56 Å². The van der Waals surface area contributed by atoms with E-state index >= 15 is 0 Å². The van der Waals surface area contributed by atoms with Gasteiger partial charge < -0.3 is 11.1 Å². The highest BCUT2D eigenvalue weighted by atomic mass is 79.9. The van der Waals surface area contributed by atoms with Crippen LogP contribution in [0.25, 0.3) is 0 Å². The van der Waals surface area contributed by atoms with Crippen molar-refractivity contribution < 1.29 is 4.79 Å². The number of nitrogen functional groups attached to an aromatic ring is 1. The van der Waals surface area contributed by atoms with Crippen molar-refractivity contribution in [2.45, 2.75) is 6.42 Å². The minimum absolute atomic E-state index is 0.107. The third-order valence-electron chi connectivity index (χ3n) is 1.80. The first kappa shape index (κ1) is 11.0. The average molecular weight is 257 g/mol. The van der Waals surface area contributed by atoms with Gasteiger partial charge in [0.15, 0.2) is 0 Å². The number of benzene rings is 1. The summed E-state index contributed by atoms with van der Waals surface area (Å²) in [4.78, 5) is 11.5. The van der Waals surface area contributed by atoms with E-state index in [1.807, 2.05) is 6.07 Å². The first-order valence-corrected chi connectivity index (χ1v) is 5.56. The van der Waals surface area contributed by atoms with Crippen LogP contribution in [0, 0.1) is 0 Å². The lowest BCUT2D eigenvalue weighted by Crippen LogP contribution is -2.25. The Labute approximate surface area is 91.8 Å². The van der Waals surface area contributed by atoms with E-state index in [0.29, 0.717) is 17.8 Å². The Kier molecular flexibility index (Phi) is 4.46. The normalized spacial score (nSPS) is 9.79. The van der Waals surface area contributed by atoms with Gasteiger partial charge in [-0.25, -0.2) is 0 Å². The molecule has 0 saturated heterocycles. The molecule has 0 fully saturated rings. The van der Waals surface area contributed by atoms with Crippen molar-refractivity contribution in [3.63, 3.8) is 0 Å². The summed E-state index contributed by atoms with van der Waals surface area (Å²) < 4.78 is 0. The second-order valence-electron chi connectivity index (χ2n) is 2.89. The number of carbonyl (C=O) groups is 1. The maximum absolute atomic E-state index is 11.5. The second-order valence-corrected chi connectivity index (χ2v) is 3.68. The first-order valence-electron chi connectivity index (χ1n) is 4.44. The van der Waals surface area contributed by atoms with Crippen molar-refractivity contribution in [3.05, 3.63) is 29.8 Å². The Morgan fingerprint density at radius 1 is 1.43 bits per heavy atom. The molecule has 0 bridgehead atoms. The maximum atomic E-state index is 11.5. The lowest BCUT2D eigenvalue weighted by molar-refractivity contribution is 0.0954. The smallest absolute Gasteiger partial charge is 0.253 e. The van der Waals surface area contributed by atoms with E-state index in [2.05, 4.69) is 21.2 Å². The highest BCUT2D eigenvalue weighted by Gasteiger charge is 2.06. The fraction of sp³-hybridized carbons (Fsp3) is 0.300. The Morgan fingerprint density at radius 2 is 2.14 bits per heavy atom.